The molecule has 0 unspecified atom stereocenters. The fourth-order valence-corrected chi connectivity index (χ4v) is 3.75. The van der Waals surface area contributed by atoms with E-state index in [-0.39, 0.29) is 5.91 Å². The maximum Gasteiger partial charge on any atom is 0.251 e. The van der Waals surface area contributed by atoms with Crippen molar-refractivity contribution in [2.45, 2.75) is 0 Å². The van der Waals surface area contributed by atoms with Crippen LogP contribution in [0.25, 0.3) is 0 Å². The molecule has 23 heavy (non-hydrogen) atoms. The van der Waals surface area contributed by atoms with Gasteiger partial charge in [-0.25, -0.2) is 8.42 Å². The van der Waals surface area contributed by atoms with Gasteiger partial charge < -0.3 is 5.32 Å². The van der Waals surface area contributed by atoms with Gasteiger partial charge in [0, 0.05) is 54.9 Å². The van der Waals surface area contributed by atoms with E-state index in [9.17, 15) is 13.2 Å². The van der Waals surface area contributed by atoms with Crippen LogP contribution in [0.2, 0.25) is 10.0 Å². The Hall–Kier alpha value is -0.860. The number of nitrogens with zero attached hydrogens (tertiary/aromatic N) is 2. The first-order valence-corrected chi connectivity index (χ1v) is 9.78. The molecule has 1 aromatic carbocycles. The van der Waals surface area contributed by atoms with Crippen LogP contribution >= 0.6 is 23.2 Å². The summed E-state index contributed by atoms with van der Waals surface area (Å²) >= 11 is 11.7. The van der Waals surface area contributed by atoms with Gasteiger partial charge in [0.15, 0.2) is 0 Å². The molecule has 1 fully saturated rings. The van der Waals surface area contributed by atoms with E-state index < -0.39 is 10.0 Å². The second-order valence-corrected chi connectivity index (χ2v) is 8.27. The lowest BCUT2D eigenvalue weighted by Crippen LogP contribution is -2.49. The topological polar surface area (TPSA) is 69.7 Å². The van der Waals surface area contributed by atoms with E-state index in [1.165, 1.54) is 10.6 Å². The number of hydrogen-bond donors (Lipinski definition) is 1. The van der Waals surface area contributed by atoms with Gasteiger partial charge in [-0.3, -0.25) is 9.69 Å². The lowest BCUT2D eigenvalue weighted by atomic mass is 10.2. The van der Waals surface area contributed by atoms with Crippen molar-refractivity contribution in [1.82, 2.24) is 14.5 Å². The summed E-state index contributed by atoms with van der Waals surface area (Å²) in [6, 6.07) is 4.70. The molecule has 0 radical (unpaired) electrons. The van der Waals surface area contributed by atoms with Crippen LogP contribution in [0.1, 0.15) is 10.4 Å². The van der Waals surface area contributed by atoms with E-state index in [4.69, 9.17) is 23.2 Å². The van der Waals surface area contributed by atoms with E-state index >= 15 is 0 Å². The summed E-state index contributed by atoms with van der Waals surface area (Å²) in [5.41, 5.74) is 0.421. The zero-order valence-corrected chi connectivity index (χ0v) is 15.1. The summed E-state index contributed by atoms with van der Waals surface area (Å²) in [5, 5.41) is 3.64. The Kier molecular flexibility index (Phi) is 6.27. The van der Waals surface area contributed by atoms with Gasteiger partial charge in [-0.15, -0.1) is 0 Å². The minimum absolute atomic E-state index is 0.232. The molecule has 9 heteroatoms. The summed E-state index contributed by atoms with van der Waals surface area (Å²) in [6.07, 6.45) is 1.22. The Morgan fingerprint density at radius 1 is 1.13 bits per heavy atom. The number of nitrogens with one attached hydrogen (secondary N) is 1. The van der Waals surface area contributed by atoms with Crippen LogP contribution in [0.5, 0.6) is 0 Å². The van der Waals surface area contributed by atoms with Crippen molar-refractivity contribution in [2.24, 2.45) is 0 Å². The molecule has 0 aromatic heterocycles. The van der Waals surface area contributed by atoms with Crippen LogP contribution in [0.4, 0.5) is 0 Å². The number of hydrogen-bond acceptors (Lipinski definition) is 4. The standard InChI is InChI=1S/C14H19Cl2N3O3S/c1-23(21,22)19-6-4-18(5-7-19)3-2-17-14(20)11-8-12(15)10-13(16)9-11/h8-10H,2-7H2,1H3,(H,17,20). The number of carbonyl (C=O) groups is 1. The first-order chi connectivity index (χ1) is 10.8. The fourth-order valence-electron chi connectivity index (χ4n) is 2.40. The first-order valence-electron chi connectivity index (χ1n) is 7.17. The van der Waals surface area contributed by atoms with Gasteiger partial charge in [-0.2, -0.15) is 4.31 Å². The maximum atomic E-state index is 12.0. The summed E-state index contributed by atoms with van der Waals surface area (Å²) in [5.74, 6) is -0.232. The Bertz CT molecular complexity index is 654. The summed E-state index contributed by atoms with van der Waals surface area (Å²) in [4.78, 5) is 14.2. The molecule has 0 aliphatic carbocycles. The number of sulfonamides is 1. The highest BCUT2D eigenvalue weighted by molar-refractivity contribution is 7.88. The molecule has 1 heterocycles. The molecular formula is C14H19Cl2N3O3S. The predicted octanol–water partition coefficient (Wildman–Crippen LogP) is 1.30. The quantitative estimate of drug-likeness (QED) is 0.836. The minimum atomic E-state index is -3.12. The third-order valence-electron chi connectivity index (χ3n) is 3.64. The third kappa shape index (κ3) is 5.61. The Morgan fingerprint density at radius 3 is 2.22 bits per heavy atom. The maximum absolute atomic E-state index is 12.0. The Balaban J connectivity index is 1.76. The van der Waals surface area contributed by atoms with E-state index in [0.717, 1.165) is 0 Å². The van der Waals surface area contributed by atoms with Gasteiger partial charge in [-0.1, -0.05) is 23.2 Å². The first kappa shape index (κ1) is 18.5. The molecule has 1 amide bonds. The summed E-state index contributed by atoms with van der Waals surface area (Å²) < 4.78 is 24.3. The van der Waals surface area contributed by atoms with Crippen molar-refractivity contribution in [3.05, 3.63) is 33.8 Å². The number of amides is 1. The lowest BCUT2D eigenvalue weighted by Gasteiger charge is -2.33. The molecule has 0 bridgehead atoms. The second kappa shape index (κ2) is 7.81. The average Bonchev–Trinajstić information content (AvgIpc) is 2.45. The van der Waals surface area contributed by atoms with E-state index in [0.29, 0.717) is 54.9 Å². The zero-order chi connectivity index (χ0) is 17.0. The molecule has 128 valence electrons. The van der Waals surface area contributed by atoms with Crippen molar-refractivity contribution in [3.63, 3.8) is 0 Å². The van der Waals surface area contributed by atoms with Gasteiger partial charge in [0.2, 0.25) is 10.0 Å². The predicted molar refractivity (Wildman–Crippen MR) is 91.7 cm³/mol. The van der Waals surface area contributed by atoms with Crippen molar-refractivity contribution in [3.8, 4) is 0 Å². The van der Waals surface area contributed by atoms with E-state index in [1.807, 2.05) is 0 Å². The SMILES string of the molecule is CS(=O)(=O)N1CCN(CCNC(=O)c2cc(Cl)cc(Cl)c2)CC1. The molecule has 1 aliphatic heterocycles. The van der Waals surface area contributed by atoms with Gasteiger partial charge >= 0.3 is 0 Å². The van der Waals surface area contributed by atoms with E-state index in [1.54, 1.807) is 18.2 Å². The van der Waals surface area contributed by atoms with Crippen LogP contribution in [0.15, 0.2) is 18.2 Å². The number of piperazine rings is 1. The normalized spacial score (nSPS) is 17.2. The molecule has 0 spiro atoms. The molecule has 1 N–H and O–H groups in total. The summed E-state index contributed by atoms with van der Waals surface area (Å²) in [6.45, 7) is 3.42. The zero-order valence-electron chi connectivity index (χ0n) is 12.8. The Labute approximate surface area is 146 Å². The smallest absolute Gasteiger partial charge is 0.251 e. The third-order valence-corrected chi connectivity index (χ3v) is 5.38. The van der Waals surface area contributed by atoms with Gasteiger partial charge in [0.1, 0.15) is 0 Å². The van der Waals surface area contributed by atoms with Crippen molar-refractivity contribution in [2.75, 3.05) is 45.5 Å². The van der Waals surface area contributed by atoms with Gasteiger partial charge in [0.25, 0.3) is 5.91 Å². The lowest BCUT2D eigenvalue weighted by molar-refractivity contribution is 0.0945. The van der Waals surface area contributed by atoms with Crippen LogP contribution in [-0.2, 0) is 10.0 Å². The molecule has 2 rings (SSSR count). The molecule has 6 nitrogen and oxygen atoms in total. The van der Waals surface area contributed by atoms with Crippen LogP contribution in [0.3, 0.4) is 0 Å². The van der Waals surface area contributed by atoms with Crippen molar-refractivity contribution >= 4 is 39.1 Å². The van der Waals surface area contributed by atoms with Crippen molar-refractivity contribution in [1.29, 1.82) is 0 Å². The fraction of sp³-hybridized carbons (Fsp3) is 0.500. The average molecular weight is 380 g/mol. The van der Waals surface area contributed by atoms with Crippen LogP contribution in [0, 0.1) is 0 Å². The molecular weight excluding hydrogens is 361 g/mol. The highest BCUT2D eigenvalue weighted by atomic mass is 35.5. The molecule has 0 atom stereocenters. The minimum Gasteiger partial charge on any atom is -0.351 e. The summed E-state index contributed by atoms with van der Waals surface area (Å²) in [7, 11) is -3.12. The van der Waals surface area contributed by atoms with E-state index in [2.05, 4.69) is 10.2 Å². The number of rotatable bonds is 5. The molecule has 0 saturated carbocycles. The highest BCUT2D eigenvalue weighted by Gasteiger charge is 2.22. The molecule has 1 saturated heterocycles. The number of benzene rings is 1. The van der Waals surface area contributed by atoms with Crippen molar-refractivity contribution < 1.29 is 13.2 Å². The Morgan fingerprint density at radius 2 is 1.70 bits per heavy atom. The second-order valence-electron chi connectivity index (χ2n) is 5.42. The van der Waals surface area contributed by atoms with Crippen LogP contribution < -0.4 is 5.32 Å². The monoisotopic (exact) mass is 379 g/mol. The highest BCUT2D eigenvalue weighted by Crippen LogP contribution is 2.18. The molecule has 1 aliphatic rings. The number of carbonyl (C=O) groups excluding carboxylic acids is 1. The number of halogens is 2. The van der Waals surface area contributed by atoms with Gasteiger partial charge in [-0.05, 0) is 18.2 Å². The molecule has 1 aromatic rings. The van der Waals surface area contributed by atoms with Crippen LogP contribution in [-0.4, -0.2) is 69.1 Å². The van der Waals surface area contributed by atoms with Gasteiger partial charge in [0.05, 0.1) is 6.26 Å². The largest absolute Gasteiger partial charge is 0.351 e.